The van der Waals surface area contributed by atoms with Crippen LogP contribution < -0.4 is 9.79 Å². The molecular weight excluding hydrogens is 462 g/mol. The van der Waals surface area contributed by atoms with Crippen molar-refractivity contribution in [1.82, 2.24) is 10.4 Å². The van der Waals surface area contributed by atoms with Gasteiger partial charge in [0.15, 0.2) is 0 Å². The zero-order valence-corrected chi connectivity index (χ0v) is 18.7. The van der Waals surface area contributed by atoms with Crippen molar-refractivity contribution in [1.29, 1.82) is 0 Å². The standard InChI is InChI=1S/C23H21N3O7S/c27-21(24-30)18(12-25-22(28)16-6-1-2-7-17(16)23(25)29)26(34(31)32)13-9-10-15-14-5-3-4-8-19(14)33-20(15)11-13/h1-2,6-7,9-11,18,30H,3-5,8,12H2,(H,24,27)(H,31,32). The van der Waals surface area contributed by atoms with Gasteiger partial charge < -0.3 is 4.42 Å². The second-order valence-electron chi connectivity index (χ2n) is 8.21. The maximum absolute atomic E-state index is 12.8. The summed E-state index contributed by atoms with van der Waals surface area (Å²) in [7, 11) is 0. The number of carbonyl (C=O) groups is 3. The van der Waals surface area contributed by atoms with Crippen molar-refractivity contribution in [2.45, 2.75) is 31.7 Å². The second-order valence-corrected chi connectivity index (χ2v) is 9.06. The second kappa shape index (κ2) is 8.67. The number of anilines is 1. The topological polar surface area (TPSA) is 140 Å². The number of nitrogens with one attached hydrogen (secondary N) is 1. The number of amides is 3. The maximum atomic E-state index is 12.8. The molecule has 10 nitrogen and oxygen atoms in total. The monoisotopic (exact) mass is 483 g/mol. The van der Waals surface area contributed by atoms with Crippen molar-refractivity contribution < 1.29 is 32.8 Å². The average molecular weight is 484 g/mol. The van der Waals surface area contributed by atoms with Gasteiger partial charge in [0, 0.05) is 23.4 Å². The molecule has 0 radical (unpaired) electrons. The van der Waals surface area contributed by atoms with E-state index >= 15 is 0 Å². The van der Waals surface area contributed by atoms with Crippen LogP contribution in [0.15, 0.2) is 46.9 Å². The molecular formula is C23H21N3O7S. The lowest BCUT2D eigenvalue weighted by Gasteiger charge is -2.30. The molecule has 2 atom stereocenters. The lowest BCUT2D eigenvalue weighted by molar-refractivity contribution is -0.130. The first-order chi connectivity index (χ1) is 16.4. The van der Waals surface area contributed by atoms with Crippen molar-refractivity contribution in [2.24, 2.45) is 0 Å². The number of rotatable bonds is 6. The van der Waals surface area contributed by atoms with Crippen molar-refractivity contribution in [3.8, 4) is 0 Å². The molecule has 2 aliphatic rings. The van der Waals surface area contributed by atoms with Crippen LogP contribution in [-0.4, -0.2) is 49.2 Å². The van der Waals surface area contributed by atoms with Crippen LogP contribution in [0.1, 0.15) is 44.9 Å². The molecule has 2 unspecified atom stereocenters. The fraction of sp³-hybridized carbons (Fsp3) is 0.261. The first kappa shape index (κ1) is 22.3. The molecule has 2 heterocycles. The Labute approximate surface area is 196 Å². The van der Waals surface area contributed by atoms with E-state index in [1.807, 2.05) is 0 Å². The van der Waals surface area contributed by atoms with E-state index in [1.54, 1.807) is 30.3 Å². The number of carbonyl (C=O) groups excluding carboxylic acids is 3. The zero-order valence-electron chi connectivity index (χ0n) is 17.9. The summed E-state index contributed by atoms with van der Waals surface area (Å²) in [6.45, 7) is -0.558. The molecule has 3 N–H and O–H groups in total. The predicted octanol–water partition coefficient (Wildman–Crippen LogP) is 2.42. The smallest absolute Gasteiger partial charge is 0.269 e. The highest BCUT2D eigenvalue weighted by molar-refractivity contribution is 7.80. The average Bonchev–Trinajstić information content (AvgIpc) is 3.33. The third-order valence-electron chi connectivity index (χ3n) is 6.29. The summed E-state index contributed by atoms with van der Waals surface area (Å²) >= 11 is -2.74. The largest absolute Gasteiger partial charge is 0.461 e. The first-order valence-electron chi connectivity index (χ1n) is 10.7. The van der Waals surface area contributed by atoms with Gasteiger partial charge in [-0.25, -0.2) is 9.69 Å². The van der Waals surface area contributed by atoms with Crippen LogP contribution >= 0.6 is 0 Å². The van der Waals surface area contributed by atoms with Crippen LogP contribution in [0.2, 0.25) is 0 Å². The highest BCUT2D eigenvalue weighted by atomic mass is 32.2. The molecule has 0 saturated carbocycles. The van der Waals surface area contributed by atoms with E-state index in [2.05, 4.69) is 0 Å². The quantitative estimate of drug-likeness (QED) is 0.212. The van der Waals surface area contributed by atoms with E-state index < -0.39 is 41.6 Å². The zero-order chi connectivity index (χ0) is 24.0. The number of aryl methyl sites for hydroxylation is 2. The minimum atomic E-state index is -2.74. The molecule has 0 fully saturated rings. The summed E-state index contributed by atoms with van der Waals surface area (Å²) in [6.07, 6.45) is 3.76. The number of hydroxylamine groups is 1. The predicted molar refractivity (Wildman–Crippen MR) is 122 cm³/mol. The Hall–Kier alpha value is -3.54. The number of furan rings is 1. The Morgan fingerprint density at radius 1 is 1.12 bits per heavy atom. The molecule has 1 aliphatic heterocycles. The van der Waals surface area contributed by atoms with Gasteiger partial charge in [0.1, 0.15) is 17.4 Å². The molecule has 5 rings (SSSR count). The summed E-state index contributed by atoms with van der Waals surface area (Å²) in [5.74, 6) is -1.44. The fourth-order valence-corrected chi connectivity index (χ4v) is 5.36. The number of nitrogens with zero attached hydrogens (tertiary/aromatic N) is 2. The number of hydrogen-bond acceptors (Lipinski definition) is 6. The van der Waals surface area contributed by atoms with Crippen molar-refractivity contribution >= 4 is 45.6 Å². The molecule has 11 heteroatoms. The third kappa shape index (κ3) is 3.58. The lowest BCUT2D eigenvalue weighted by atomic mass is 9.96. The molecule has 3 aromatic rings. The minimum absolute atomic E-state index is 0.157. The summed E-state index contributed by atoms with van der Waals surface area (Å²) in [5, 5.41) is 10.2. The molecule has 1 aliphatic carbocycles. The van der Waals surface area contributed by atoms with E-state index in [0.717, 1.165) is 51.6 Å². The van der Waals surface area contributed by atoms with Crippen LogP contribution in [0.5, 0.6) is 0 Å². The van der Waals surface area contributed by atoms with E-state index in [1.165, 1.54) is 17.6 Å². The van der Waals surface area contributed by atoms with Crippen LogP contribution in [-0.2, 0) is 28.9 Å². The van der Waals surface area contributed by atoms with Gasteiger partial charge in [0.25, 0.3) is 29.0 Å². The van der Waals surface area contributed by atoms with E-state index in [4.69, 9.17) is 4.42 Å². The van der Waals surface area contributed by atoms with Gasteiger partial charge >= 0.3 is 0 Å². The molecule has 0 bridgehead atoms. The lowest BCUT2D eigenvalue weighted by Crippen LogP contribution is -2.54. The van der Waals surface area contributed by atoms with E-state index in [-0.39, 0.29) is 16.8 Å². The summed E-state index contributed by atoms with van der Waals surface area (Å²) in [5.41, 5.74) is 3.60. The minimum Gasteiger partial charge on any atom is -0.461 e. The van der Waals surface area contributed by atoms with Gasteiger partial charge in [-0.1, -0.05) is 12.1 Å². The van der Waals surface area contributed by atoms with Crippen molar-refractivity contribution in [3.63, 3.8) is 0 Å². The normalized spacial score (nSPS) is 16.8. The van der Waals surface area contributed by atoms with Crippen LogP contribution in [0, 0.1) is 0 Å². The maximum Gasteiger partial charge on any atom is 0.269 e. The Balaban J connectivity index is 1.52. The van der Waals surface area contributed by atoms with Gasteiger partial charge in [0.05, 0.1) is 23.4 Å². The summed E-state index contributed by atoms with van der Waals surface area (Å²) in [4.78, 5) is 39.1. The summed E-state index contributed by atoms with van der Waals surface area (Å²) < 4.78 is 29.3. The van der Waals surface area contributed by atoms with Gasteiger partial charge in [-0.05, 0) is 43.5 Å². The SMILES string of the molecule is O=C(NO)C(CN1C(=O)c2ccccc2C1=O)N(c1ccc2c3c(oc2c1)CCCC3)S(=O)O. The molecule has 2 aromatic carbocycles. The van der Waals surface area contributed by atoms with E-state index in [0.29, 0.717) is 5.58 Å². The molecule has 34 heavy (non-hydrogen) atoms. The van der Waals surface area contributed by atoms with Crippen LogP contribution in [0.4, 0.5) is 5.69 Å². The highest BCUT2D eigenvalue weighted by Gasteiger charge is 2.41. The van der Waals surface area contributed by atoms with Crippen LogP contribution in [0.25, 0.3) is 11.0 Å². The van der Waals surface area contributed by atoms with Gasteiger partial charge in [-0.3, -0.25) is 33.3 Å². The Kier molecular flexibility index (Phi) is 5.68. The van der Waals surface area contributed by atoms with Crippen molar-refractivity contribution in [2.75, 3.05) is 10.8 Å². The van der Waals surface area contributed by atoms with Crippen molar-refractivity contribution in [3.05, 3.63) is 64.9 Å². The van der Waals surface area contributed by atoms with Gasteiger partial charge in [0.2, 0.25) is 0 Å². The molecule has 0 spiro atoms. The van der Waals surface area contributed by atoms with Gasteiger partial charge in [-0.2, -0.15) is 0 Å². The number of benzene rings is 2. The Morgan fingerprint density at radius 3 is 2.44 bits per heavy atom. The fourth-order valence-electron chi connectivity index (χ4n) is 4.68. The summed E-state index contributed by atoms with van der Waals surface area (Å²) in [6, 6.07) is 9.52. The molecule has 3 amide bonds. The third-order valence-corrected chi connectivity index (χ3v) is 7.09. The molecule has 1 aromatic heterocycles. The first-order valence-corrected chi connectivity index (χ1v) is 11.8. The molecule has 0 saturated heterocycles. The van der Waals surface area contributed by atoms with Crippen LogP contribution in [0.3, 0.4) is 0 Å². The number of hydrogen-bond donors (Lipinski definition) is 3. The van der Waals surface area contributed by atoms with E-state index in [9.17, 15) is 28.4 Å². The molecule has 176 valence electrons. The Morgan fingerprint density at radius 2 is 1.79 bits per heavy atom. The number of fused-ring (bicyclic) bond motifs is 4. The Bertz CT molecular complexity index is 1320. The number of imide groups is 1. The highest BCUT2D eigenvalue weighted by Crippen LogP contribution is 2.35. The van der Waals surface area contributed by atoms with Gasteiger partial charge in [-0.15, -0.1) is 0 Å².